The Kier molecular flexibility index (Phi) is 9.60. The highest BCUT2D eigenvalue weighted by Crippen LogP contribution is 2.43. The minimum atomic E-state index is -0.836. The highest BCUT2D eigenvalue weighted by atomic mass is 32.2. The molecule has 2 aromatic rings. The Labute approximate surface area is 211 Å². The van der Waals surface area contributed by atoms with Crippen molar-refractivity contribution >= 4 is 35.5 Å². The summed E-state index contributed by atoms with van der Waals surface area (Å²) in [6, 6.07) is 12.1. The van der Waals surface area contributed by atoms with E-state index in [2.05, 4.69) is 10.2 Å². The van der Waals surface area contributed by atoms with Crippen molar-refractivity contribution in [1.29, 1.82) is 0 Å². The fourth-order valence-electron chi connectivity index (χ4n) is 3.17. The van der Waals surface area contributed by atoms with Gasteiger partial charge in [0.2, 0.25) is 0 Å². The summed E-state index contributed by atoms with van der Waals surface area (Å²) in [5, 5.41) is 29.5. The van der Waals surface area contributed by atoms with E-state index in [0.717, 1.165) is 45.5 Å². The number of carbonyl (C=O) groups is 2. The van der Waals surface area contributed by atoms with E-state index in [9.17, 15) is 19.8 Å². The van der Waals surface area contributed by atoms with Gasteiger partial charge in [-0.3, -0.25) is 9.59 Å². The number of hydrogen-bond acceptors (Lipinski definition) is 6. The number of aromatic nitrogens is 2. The van der Waals surface area contributed by atoms with Crippen molar-refractivity contribution in [2.45, 2.75) is 70.9 Å². The summed E-state index contributed by atoms with van der Waals surface area (Å²) >= 11 is 3.18. The second kappa shape index (κ2) is 11.6. The van der Waals surface area contributed by atoms with Gasteiger partial charge in [-0.2, -0.15) is 0 Å². The van der Waals surface area contributed by atoms with Gasteiger partial charge in [-0.05, 0) is 69.8 Å². The molecule has 0 aliphatic rings. The molecule has 0 unspecified atom stereocenters. The van der Waals surface area contributed by atoms with Crippen LogP contribution < -0.4 is 0 Å². The predicted molar refractivity (Wildman–Crippen MR) is 139 cm³/mol. The van der Waals surface area contributed by atoms with Crippen LogP contribution in [0.2, 0.25) is 0 Å². The van der Waals surface area contributed by atoms with Gasteiger partial charge in [0.25, 0.3) is 0 Å². The number of aliphatic carboxylic acids is 2. The van der Waals surface area contributed by atoms with Gasteiger partial charge >= 0.3 is 11.9 Å². The van der Waals surface area contributed by atoms with Crippen LogP contribution >= 0.6 is 23.5 Å². The van der Waals surface area contributed by atoms with Crippen molar-refractivity contribution < 1.29 is 19.8 Å². The van der Waals surface area contributed by atoms with E-state index >= 15 is 0 Å². The summed E-state index contributed by atoms with van der Waals surface area (Å²) in [5.74, 6) is -0.0696. The molecule has 34 heavy (non-hydrogen) atoms. The van der Waals surface area contributed by atoms with Crippen LogP contribution in [0.3, 0.4) is 0 Å². The second-order valence-electron chi connectivity index (χ2n) is 10.3. The zero-order chi connectivity index (χ0) is 25.6. The van der Waals surface area contributed by atoms with Crippen LogP contribution in [0.15, 0.2) is 46.5 Å². The molecule has 6 nitrogen and oxygen atoms in total. The smallest absolute Gasteiger partial charge is 0.309 e. The number of benzene rings is 1. The molecule has 1 heterocycles. The molecule has 0 spiro atoms. The van der Waals surface area contributed by atoms with E-state index in [-0.39, 0.29) is 5.41 Å². The Bertz CT molecular complexity index is 992. The molecule has 0 aliphatic carbocycles. The maximum atomic E-state index is 11.7. The summed E-state index contributed by atoms with van der Waals surface area (Å²) in [5.41, 5.74) is 0.108. The summed E-state index contributed by atoms with van der Waals surface area (Å²) < 4.78 is 0. The maximum absolute atomic E-state index is 11.7. The van der Waals surface area contributed by atoms with Crippen molar-refractivity contribution in [3.05, 3.63) is 36.4 Å². The second-order valence-corrected chi connectivity index (χ2v) is 12.5. The molecule has 1 aromatic heterocycles. The van der Waals surface area contributed by atoms with E-state index in [4.69, 9.17) is 0 Å². The van der Waals surface area contributed by atoms with Gasteiger partial charge in [-0.15, -0.1) is 33.7 Å². The molecule has 2 rings (SSSR count). The van der Waals surface area contributed by atoms with Gasteiger partial charge in [-0.25, -0.2) is 0 Å². The number of nitrogens with zero attached hydrogens (tertiary/aromatic N) is 2. The fraction of sp³-hybridized carbons (Fsp3) is 0.538. The molecule has 0 saturated carbocycles. The normalized spacial score (nSPS) is 12.5. The van der Waals surface area contributed by atoms with Gasteiger partial charge in [0, 0.05) is 11.3 Å². The lowest BCUT2D eigenvalue weighted by Gasteiger charge is -2.38. The summed E-state index contributed by atoms with van der Waals surface area (Å²) in [7, 11) is 0. The first kappa shape index (κ1) is 28.2. The highest BCUT2D eigenvalue weighted by Gasteiger charge is 2.42. The van der Waals surface area contributed by atoms with E-state index in [1.54, 1.807) is 51.2 Å². The van der Waals surface area contributed by atoms with Gasteiger partial charge in [-0.1, -0.05) is 44.2 Å². The number of carboxylic acids is 2. The zero-order valence-corrected chi connectivity index (χ0v) is 22.6. The van der Waals surface area contributed by atoms with Crippen molar-refractivity contribution in [2.24, 2.45) is 16.2 Å². The number of hydrogen-bond donors (Lipinski definition) is 2. The van der Waals surface area contributed by atoms with E-state index in [1.165, 1.54) is 0 Å². The Morgan fingerprint density at radius 2 is 1.50 bits per heavy atom. The third-order valence-electron chi connectivity index (χ3n) is 6.79. The Hall–Kier alpha value is -2.06. The van der Waals surface area contributed by atoms with Crippen molar-refractivity contribution in [3.8, 4) is 11.1 Å². The third-order valence-corrected chi connectivity index (χ3v) is 8.76. The number of thioether (sulfide) groups is 2. The topological polar surface area (TPSA) is 100 Å². The monoisotopic (exact) mass is 504 g/mol. The fourth-order valence-corrected chi connectivity index (χ4v) is 5.20. The molecule has 0 atom stereocenters. The SMILES string of the molecule is CC(C)(CCCSc1cc(-c2ccccc2)c(SCCC(C)(C)C(C)(C)C(=O)O)nn1)C(=O)O. The quantitative estimate of drug-likeness (QED) is 0.228. The first-order valence-electron chi connectivity index (χ1n) is 11.4. The zero-order valence-electron chi connectivity index (χ0n) is 20.9. The Balaban J connectivity index is 2.12. The average Bonchev–Trinajstić information content (AvgIpc) is 2.77. The van der Waals surface area contributed by atoms with Gasteiger partial charge in [0.1, 0.15) is 10.1 Å². The maximum Gasteiger partial charge on any atom is 0.309 e. The minimum Gasteiger partial charge on any atom is -0.481 e. The lowest BCUT2D eigenvalue weighted by Crippen LogP contribution is -2.39. The van der Waals surface area contributed by atoms with Crippen LogP contribution in [-0.2, 0) is 9.59 Å². The standard InChI is InChI=1S/C26H36N2O4S2/c1-24(2,22(29)30)13-10-15-33-20-17-19(18-11-8-7-9-12-18)21(28-27-20)34-16-14-25(3,4)26(5,6)23(31)32/h7-9,11-12,17H,10,13-16H2,1-6H3,(H,29,30)(H,31,32). The van der Waals surface area contributed by atoms with E-state index in [0.29, 0.717) is 6.42 Å². The summed E-state index contributed by atoms with van der Waals surface area (Å²) in [6.45, 7) is 11.0. The van der Waals surface area contributed by atoms with E-state index in [1.807, 2.05) is 50.2 Å². The van der Waals surface area contributed by atoms with Gasteiger partial charge in [0.15, 0.2) is 0 Å². The molecule has 2 N–H and O–H groups in total. The number of carboxylic acid groups (broad SMARTS) is 2. The van der Waals surface area contributed by atoms with Crippen LogP contribution in [-0.4, -0.2) is 43.9 Å². The van der Waals surface area contributed by atoms with Crippen LogP contribution in [0, 0.1) is 16.2 Å². The van der Waals surface area contributed by atoms with Crippen LogP contribution in [0.25, 0.3) is 11.1 Å². The van der Waals surface area contributed by atoms with Crippen molar-refractivity contribution in [1.82, 2.24) is 10.2 Å². The van der Waals surface area contributed by atoms with Gasteiger partial charge in [0.05, 0.1) is 10.8 Å². The summed E-state index contributed by atoms with van der Waals surface area (Å²) in [6.07, 6.45) is 2.10. The van der Waals surface area contributed by atoms with Crippen molar-refractivity contribution in [2.75, 3.05) is 11.5 Å². The Morgan fingerprint density at radius 1 is 0.853 bits per heavy atom. The molecule has 186 valence electrons. The van der Waals surface area contributed by atoms with Crippen LogP contribution in [0.4, 0.5) is 0 Å². The molecule has 0 amide bonds. The summed E-state index contributed by atoms with van der Waals surface area (Å²) in [4.78, 5) is 23.0. The Morgan fingerprint density at radius 3 is 2.09 bits per heavy atom. The molecule has 0 fully saturated rings. The van der Waals surface area contributed by atoms with Crippen LogP contribution in [0.1, 0.15) is 60.8 Å². The molecular formula is C26H36N2O4S2. The predicted octanol–water partition coefficient (Wildman–Crippen LogP) is 6.75. The molecule has 0 aliphatic heterocycles. The average molecular weight is 505 g/mol. The minimum absolute atomic E-state index is 0.383. The first-order valence-corrected chi connectivity index (χ1v) is 13.4. The molecule has 8 heteroatoms. The largest absolute Gasteiger partial charge is 0.481 e. The third kappa shape index (κ3) is 7.22. The first-order chi connectivity index (χ1) is 15.8. The molecule has 0 radical (unpaired) electrons. The van der Waals surface area contributed by atoms with Gasteiger partial charge < -0.3 is 10.2 Å². The molecule has 0 bridgehead atoms. The lowest BCUT2D eigenvalue weighted by molar-refractivity contribution is -0.154. The molecular weight excluding hydrogens is 468 g/mol. The highest BCUT2D eigenvalue weighted by molar-refractivity contribution is 7.99. The van der Waals surface area contributed by atoms with E-state index < -0.39 is 22.8 Å². The number of rotatable bonds is 13. The van der Waals surface area contributed by atoms with Crippen molar-refractivity contribution in [3.63, 3.8) is 0 Å². The molecule has 0 saturated heterocycles. The van der Waals surface area contributed by atoms with Crippen LogP contribution in [0.5, 0.6) is 0 Å². The molecule has 1 aromatic carbocycles. The lowest BCUT2D eigenvalue weighted by atomic mass is 9.66.